The van der Waals surface area contributed by atoms with Crippen LogP contribution in [0.3, 0.4) is 0 Å². The summed E-state index contributed by atoms with van der Waals surface area (Å²) in [5, 5.41) is 2.97. The summed E-state index contributed by atoms with van der Waals surface area (Å²) in [7, 11) is 0. The van der Waals surface area contributed by atoms with Crippen LogP contribution in [0.2, 0.25) is 0 Å². The van der Waals surface area contributed by atoms with Crippen molar-refractivity contribution in [3.8, 4) is 11.5 Å². The van der Waals surface area contributed by atoms with Crippen LogP contribution in [0.5, 0.6) is 0 Å². The molecule has 5 nitrogen and oxygen atoms in total. The van der Waals surface area contributed by atoms with E-state index in [9.17, 15) is 0 Å². The molecular formula is C16H20N4O. The largest absolute Gasteiger partial charge is 0.444 e. The molecule has 1 aromatic carbocycles. The first-order chi connectivity index (χ1) is 10.0. The highest BCUT2D eigenvalue weighted by Gasteiger charge is 2.06. The van der Waals surface area contributed by atoms with E-state index in [-0.39, 0.29) is 0 Å². The van der Waals surface area contributed by atoms with Gasteiger partial charge in [0.15, 0.2) is 5.96 Å². The Kier molecular flexibility index (Phi) is 4.77. The Labute approximate surface area is 124 Å². The predicted molar refractivity (Wildman–Crippen MR) is 84.8 cm³/mol. The van der Waals surface area contributed by atoms with Crippen molar-refractivity contribution in [2.24, 2.45) is 10.7 Å². The van der Waals surface area contributed by atoms with Crippen LogP contribution >= 0.6 is 0 Å². The monoisotopic (exact) mass is 284 g/mol. The molecule has 0 aliphatic rings. The van der Waals surface area contributed by atoms with Gasteiger partial charge < -0.3 is 15.5 Å². The molecule has 0 aliphatic heterocycles. The van der Waals surface area contributed by atoms with E-state index in [0.717, 1.165) is 16.8 Å². The summed E-state index contributed by atoms with van der Waals surface area (Å²) >= 11 is 0. The van der Waals surface area contributed by atoms with Gasteiger partial charge in [-0.2, -0.15) is 0 Å². The average molecular weight is 284 g/mol. The first-order valence-corrected chi connectivity index (χ1v) is 6.74. The van der Waals surface area contributed by atoms with Crippen LogP contribution in [0.15, 0.2) is 52.1 Å². The third-order valence-corrected chi connectivity index (χ3v) is 2.83. The number of nitrogens with one attached hydrogen (secondary N) is 1. The van der Waals surface area contributed by atoms with Crippen LogP contribution in [0.1, 0.15) is 18.2 Å². The van der Waals surface area contributed by atoms with E-state index in [1.54, 1.807) is 6.26 Å². The Morgan fingerprint density at radius 2 is 2.10 bits per heavy atom. The molecule has 2 aromatic rings. The quantitative estimate of drug-likeness (QED) is 0.503. The Bertz CT molecular complexity index is 641. The zero-order valence-electron chi connectivity index (χ0n) is 12.4. The standard InChI is InChI=1S/C16H20N4O/c1-11(2)8-18-16(17)19-9-14-10-21-15(20-14)13-6-4-12(3)5-7-13/h4-7,10H,1,8-9H2,2-3H3,(H3,17,18,19). The summed E-state index contributed by atoms with van der Waals surface area (Å²) in [5.74, 6) is 0.964. The van der Waals surface area contributed by atoms with Gasteiger partial charge in [0, 0.05) is 12.1 Å². The Morgan fingerprint density at radius 3 is 2.76 bits per heavy atom. The van der Waals surface area contributed by atoms with Gasteiger partial charge >= 0.3 is 0 Å². The van der Waals surface area contributed by atoms with Crippen molar-refractivity contribution in [1.29, 1.82) is 0 Å². The Morgan fingerprint density at radius 1 is 1.38 bits per heavy atom. The molecule has 5 heteroatoms. The van der Waals surface area contributed by atoms with Crippen LogP contribution in [0.4, 0.5) is 0 Å². The van der Waals surface area contributed by atoms with E-state index in [0.29, 0.717) is 24.9 Å². The highest BCUT2D eigenvalue weighted by Crippen LogP contribution is 2.19. The molecule has 3 N–H and O–H groups in total. The summed E-state index contributed by atoms with van der Waals surface area (Å²) in [6.45, 7) is 8.75. The third kappa shape index (κ3) is 4.49. The summed E-state index contributed by atoms with van der Waals surface area (Å²) < 4.78 is 5.47. The minimum Gasteiger partial charge on any atom is -0.444 e. The normalized spacial score (nSPS) is 11.4. The summed E-state index contributed by atoms with van der Waals surface area (Å²) in [5.41, 5.74) is 9.63. The number of nitrogens with two attached hydrogens (primary N) is 1. The van der Waals surface area contributed by atoms with E-state index in [1.807, 2.05) is 38.1 Å². The van der Waals surface area contributed by atoms with Crippen LogP contribution in [-0.2, 0) is 6.54 Å². The number of hydrogen-bond donors (Lipinski definition) is 2. The number of nitrogens with zero attached hydrogens (tertiary/aromatic N) is 2. The van der Waals surface area contributed by atoms with E-state index in [2.05, 4.69) is 21.9 Å². The minimum absolute atomic E-state index is 0.373. The molecule has 2 rings (SSSR count). The van der Waals surface area contributed by atoms with Crippen molar-refractivity contribution < 1.29 is 4.42 Å². The van der Waals surface area contributed by atoms with Crippen LogP contribution in [0.25, 0.3) is 11.5 Å². The number of rotatable bonds is 5. The molecule has 0 amide bonds. The first kappa shape index (κ1) is 14.8. The lowest BCUT2D eigenvalue weighted by atomic mass is 10.1. The van der Waals surface area contributed by atoms with Gasteiger partial charge in [-0.3, -0.25) is 0 Å². The maximum absolute atomic E-state index is 5.74. The van der Waals surface area contributed by atoms with Crippen molar-refractivity contribution in [1.82, 2.24) is 10.3 Å². The van der Waals surface area contributed by atoms with Crippen LogP contribution in [0, 0.1) is 6.92 Å². The van der Waals surface area contributed by atoms with E-state index < -0.39 is 0 Å². The van der Waals surface area contributed by atoms with Crippen molar-refractivity contribution in [3.05, 3.63) is 53.9 Å². The van der Waals surface area contributed by atoms with E-state index >= 15 is 0 Å². The molecule has 21 heavy (non-hydrogen) atoms. The molecule has 1 heterocycles. The summed E-state index contributed by atoms with van der Waals surface area (Å²) in [4.78, 5) is 8.61. The number of aliphatic imine (C=N–C) groups is 1. The number of hydrogen-bond acceptors (Lipinski definition) is 3. The number of benzene rings is 1. The number of oxazole rings is 1. The third-order valence-electron chi connectivity index (χ3n) is 2.83. The molecule has 0 saturated carbocycles. The fourth-order valence-electron chi connectivity index (χ4n) is 1.67. The van der Waals surface area contributed by atoms with Gasteiger partial charge in [-0.05, 0) is 26.0 Å². The molecule has 0 spiro atoms. The molecule has 0 fully saturated rings. The highest BCUT2D eigenvalue weighted by molar-refractivity contribution is 5.78. The molecule has 0 bridgehead atoms. The van der Waals surface area contributed by atoms with Gasteiger partial charge in [0.05, 0.1) is 6.54 Å². The second-order valence-corrected chi connectivity index (χ2v) is 5.02. The van der Waals surface area contributed by atoms with Crippen molar-refractivity contribution in [3.63, 3.8) is 0 Å². The lowest BCUT2D eigenvalue weighted by Crippen LogP contribution is -2.32. The Balaban J connectivity index is 1.98. The average Bonchev–Trinajstić information content (AvgIpc) is 2.92. The van der Waals surface area contributed by atoms with Crippen molar-refractivity contribution in [2.45, 2.75) is 20.4 Å². The second-order valence-electron chi connectivity index (χ2n) is 5.02. The van der Waals surface area contributed by atoms with Crippen LogP contribution < -0.4 is 11.1 Å². The van der Waals surface area contributed by atoms with Crippen molar-refractivity contribution in [2.75, 3.05) is 6.54 Å². The summed E-state index contributed by atoms with van der Waals surface area (Å²) in [6.07, 6.45) is 1.60. The SMILES string of the molecule is C=C(C)CNC(N)=NCc1coc(-c2ccc(C)cc2)n1. The number of aromatic nitrogens is 1. The predicted octanol–water partition coefficient (Wildman–Crippen LogP) is 2.63. The molecule has 0 radical (unpaired) electrons. The lowest BCUT2D eigenvalue weighted by Gasteiger charge is -2.03. The maximum atomic E-state index is 5.74. The fourth-order valence-corrected chi connectivity index (χ4v) is 1.67. The van der Waals surface area contributed by atoms with Gasteiger partial charge in [-0.15, -0.1) is 0 Å². The molecule has 0 unspecified atom stereocenters. The van der Waals surface area contributed by atoms with Gasteiger partial charge in [0.25, 0.3) is 0 Å². The number of aryl methyl sites for hydroxylation is 1. The minimum atomic E-state index is 0.373. The molecule has 110 valence electrons. The van der Waals surface area contributed by atoms with Crippen LogP contribution in [-0.4, -0.2) is 17.5 Å². The first-order valence-electron chi connectivity index (χ1n) is 6.74. The number of guanidine groups is 1. The zero-order chi connectivity index (χ0) is 15.2. The summed E-state index contributed by atoms with van der Waals surface area (Å²) in [6, 6.07) is 8.02. The van der Waals surface area contributed by atoms with Gasteiger partial charge in [0.2, 0.25) is 5.89 Å². The van der Waals surface area contributed by atoms with Crippen molar-refractivity contribution >= 4 is 5.96 Å². The van der Waals surface area contributed by atoms with Gasteiger partial charge in [0.1, 0.15) is 12.0 Å². The fraction of sp³-hybridized carbons (Fsp3) is 0.250. The molecule has 1 aromatic heterocycles. The molecule has 0 atom stereocenters. The smallest absolute Gasteiger partial charge is 0.226 e. The highest BCUT2D eigenvalue weighted by atomic mass is 16.3. The lowest BCUT2D eigenvalue weighted by molar-refractivity contribution is 0.572. The second kappa shape index (κ2) is 6.74. The Hall–Kier alpha value is -2.56. The molecule has 0 aliphatic carbocycles. The van der Waals surface area contributed by atoms with Gasteiger partial charge in [-0.1, -0.05) is 29.8 Å². The maximum Gasteiger partial charge on any atom is 0.226 e. The molecular weight excluding hydrogens is 264 g/mol. The zero-order valence-corrected chi connectivity index (χ0v) is 12.4. The molecule has 0 saturated heterocycles. The van der Waals surface area contributed by atoms with Gasteiger partial charge in [-0.25, -0.2) is 9.98 Å². The van der Waals surface area contributed by atoms with E-state index in [1.165, 1.54) is 5.56 Å². The topological polar surface area (TPSA) is 76.4 Å². The van der Waals surface area contributed by atoms with E-state index in [4.69, 9.17) is 10.2 Å².